The summed E-state index contributed by atoms with van der Waals surface area (Å²) in [5.74, 6) is -0.139. The van der Waals surface area contributed by atoms with Crippen LogP contribution in [0, 0.1) is 6.92 Å². The van der Waals surface area contributed by atoms with Crippen LogP contribution in [-0.4, -0.2) is 40.8 Å². The van der Waals surface area contributed by atoms with Crippen LogP contribution in [0.5, 0.6) is 0 Å². The van der Waals surface area contributed by atoms with E-state index in [2.05, 4.69) is 0 Å². The van der Waals surface area contributed by atoms with Gasteiger partial charge < -0.3 is 14.6 Å². The number of aryl methyl sites for hydroxylation is 1. The Kier molecular flexibility index (Phi) is 4.52. The fraction of sp³-hybridized carbons (Fsp3) is 0.545. The zero-order valence-electron chi connectivity index (χ0n) is 9.51. The lowest BCUT2D eigenvalue weighted by Crippen LogP contribution is -2.30. The highest BCUT2D eigenvalue weighted by Gasteiger charge is 2.13. The SMILES string of the molecule is Cc1occc1CN(C)CC(O)CC(=O)O. The van der Waals surface area contributed by atoms with E-state index < -0.39 is 12.1 Å². The monoisotopic (exact) mass is 227 g/mol. The van der Waals surface area contributed by atoms with E-state index in [4.69, 9.17) is 9.52 Å². The van der Waals surface area contributed by atoms with Crippen molar-refractivity contribution in [1.82, 2.24) is 4.90 Å². The molecule has 0 saturated heterocycles. The molecular weight excluding hydrogens is 210 g/mol. The standard InChI is InChI=1S/C11H17NO4/c1-8-9(3-4-16-8)6-12(2)7-10(13)5-11(14)15/h3-4,10,13H,5-7H2,1-2H3,(H,14,15). The van der Waals surface area contributed by atoms with Crippen molar-refractivity contribution in [2.24, 2.45) is 0 Å². The molecule has 0 amide bonds. The van der Waals surface area contributed by atoms with Crippen LogP contribution in [0.3, 0.4) is 0 Å². The average Bonchev–Trinajstić information content (AvgIpc) is 2.49. The van der Waals surface area contributed by atoms with Crippen molar-refractivity contribution in [3.05, 3.63) is 23.7 Å². The van der Waals surface area contributed by atoms with E-state index in [9.17, 15) is 9.90 Å². The predicted molar refractivity (Wildman–Crippen MR) is 58.0 cm³/mol. The second-order valence-corrected chi connectivity index (χ2v) is 3.95. The van der Waals surface area contributed by atoms with Crippen LogP contribution < -0.4 is 0 Å². The van der Waals surface area contributed by atoms with E-state index >= 15 is 0 Å². The Labute approximate surface area is 94.3 Å². The highest BCUT2D eigenvalue weighted by molar-refractivity contribution is 5.67. The van der Waals surface area contributed by atoms with Gasteiger partial charge in [0, 0.05) is 18.7 Å². The lowest BCUT2D eigenvalue weighted by Gasteiger charge is -2.19. The number of aliphatic carboxylic acids is 1. The van der Waals surface area contributed by atoms with E-state index in [1.54, 1.807) is 6.26 Å². The fourth-order valence-corrected chi connectivity index (χ4v) is 1.56. The van der Waals surface area contributed by atoms with Crippen molar-refractivity contribution in [2.75, 3.05) is 13.6 Å². The van der Waals surface area contributed by atoms with Gasteiger partial charge in [-0.1, -0.05) is 0 Å². The van der Waals surface area contributed by atoms with Gasteiger partial charge in [-0.15, -0.1) is 0 Å². The fourth-order valence-electron chi connectivity index (χ4n) is 1.56. The molecule has 1 aromatic rings. The summed E-state index contributed by atoms with van der Waals surface area (Å²) in [4.78, 5) is 12.2. The minimum Gasteiger partial charge on any atom is -0.481 e. The number of nitrogens with zero attached hydrogens (tertiary/aromatic N) is 1. The first-order chi connectivity index (χ1) is 7.49. The highest BCUT2D eigenvalue weighted by atomic mass is 16.4. The lowest BCUT2D eigenvalue weighted by atomic mass is 10.2. The smallest absolute Gasteiger partial charge is 0.306 e. The predicted octanol–water partition coefficient (Wildman–Crippen LogP) is 0.855. The molecule has 1 heterocycles. The zero-order chi connectivity index (χ0) is 12.1. The maximum atomic E-state index is 10.4. The largest absolute Gasteiger partial charge is 0.481 e. The normalized spacial score (nSPS) is 13.0. The molecule has 0 aliphatic carbocycles. The number of likely N-dealkylation sites (N-methyl/N-ethyl adjacent to an activating group) is 1. The highest BCUT2D eigenvalue weighted by Crippen LogP contribution is 2.11. The Morgan fingerprint density at radius 2 is 2.31 bits per heavy atom. The van der Waals surface area contributed by atoms with Gasteiger partial charge in [-0.3, -0.25) is 9.69 Å². The molecule has 0 spiro atoms. The summed E-state index contributed by atoms with van der Waals surface area (Å²) in [6.07, 6.45) is 0.552. The molecule has 1 rings (SSSR count). The molecule has 1 unspecified atom stereocenters. The van der Waals surface area contributed by atoms with Crippen molar-refractivity contribution in [3.8, 4) is 0 Å². The van der Waals surface area contributed by atoms with Crippen molar-refractivity contribution < 1.29 is 19.4 Å². The molecule has 0 fully saturated rings. The summed E-state index contributed by atoms with van der Waals surface area (Å²) in [6, 6.07) is 1.87. The molecule has 5 nitrogen and oxygen atoms in total. The number of aliphatic hydroxyl groups excluding tert-OH is 1. The molecule has 1 atom stereocenters. The Morgan fingerprint density at radius 3 is 2.81 bits per heavy atom. The number of carboxylic acids is 1. The number of rotatable bonds is 6. The minimum absolute atomic E-state index is 0.227. The summed E-state index contributed by atoms with van der Waals surface area (Å²) >= 11 is 0. The van der Waals surface area contributed by atoms with Gasteiger partial charge in [0.25, 0.3) is 0 Å². The van der Waals surface area contributed by atoms with Crippen molar-refractivity contribution in [3.63, 3.8) is 0 Å². The summed E-state index contributed by atoms with van der Waals surface area (Å²) in [5.41, 5.74) is 1.05. The molecule has 0 aromatic carbocycles. The number of furan rings is 1. The van der Waals surface area contributed by atoms with Crippen LogP contribution >= 0.6 is 0 Å². The van der Waals surface area contributed by atoms with Crippen LogP contribution in [0.4, 0.5) is 0 Å². The van der Waals surface area contributed by atoms with Gasteiger partial charge in [0.2, 0.25) is 0 Å². The Hall–Kier alpha value is -1.33. The van der Waals surface area contributed by atoms with Gasteiger partial charge in [0.15, 0.2) is 0 Å². The molecule has 16 heavy (non-hydrogen) atoms. The summed E-state index contributed by atoms with van der Waals surface area (Å²) in [5, 5.41) is 17.9. The number of carbonyl (C=O) groups is 1. The molecular formula is C11H17NO4. The van der Waals surface area contributed by atoms with Gasteiger partial charge in [0.05, 0.1) is 18.8 Å². The quantitative estimate of drug-likeness (QED) is 0.753. The number of hydrogen-bond acceptors (Lipinski definition) is 4. The van der Waals surface area contributed by atoms with E-state index in [1.807, 2.05) is 24.9 Å². The molecule has 0 radical (unpaired) electrons. The van der Waals surface area contributed by atoms with Crippen LogP contribution in [0.1, 0.15) is 17.7 Å². The van der Waals surface area contributed by atoms with E-state index in [1.165, 1.54) is 0 Å². The van der Waals surface area contributed by atoms with Crippen molar-refractivity contribution in [1.29, 1.82) is 0 Å². The van der Waals surface area contributed by atoms with E-state index in [0.717, 1.165) is 11.3 Å². The number of carboxylic acid groups (broad SMARTS) is 1. The first-order valence-electron chi connectivity index (χ1n) is 5.10. The van der Waals surface area contributed by atoms with E-state index in [0.29, 0.717) is 13.1 Å². The maximum absolute atomic E-state index is 10.4. The molecule has 2 N–H and O–H groups in total. The molecule has 0 bridgehead atoms. The van der Waals surface area contributed by atoms with Gasteiger partial charge in [-0.05, 0) is 20.0 Å². The first kappa shape index (κ1) is 12.7. The van der Waals surface area contributed by atoms with Crippen LogP contribution in [0.15, 0.2) is 16.7 Å². The molecule has 5 heteroatoms. The second kappa shape index (κ2) is 5.67. The maximum Gasteiger partial charge on any atom is 0.306 e. The topological polar surface area (TPSA) is 73.9 Å². The third-order valence-corrected chi connectivity index (χ3v) is 2.34. The van der Waals surface area contributed by atoms with Gasteiger partial charge in [-0.25, -0.2) is 0 Å². The van der Waals surface area contributed by atoms with Gasteiger partial charge in [0.1, 0.15) is 5.76 Å². The summed E-state index contributed by atoms with van der Waals surface area (Å²) in [6.45, 7) is 2.84. The zero-order valence-corrected chi connectivity index (χ0v) is 9.51. The molecule has 90 valence electrons. The number of hydrogen-bond donors (Lipinski definition) is 2. The molecule has 0 saturated carbocycles. The van der Waals surface area contributed by atoms with Crippen molar-refractivity contribution >= 4 is 5.97 Å². The van der Waals surface area contributed by atoms with Crippen LogP contribution in [-0.2, 0) is 11.3 Å². The van der Waals surface area contributed by atoms with Crippen molar-refractivity contribution in [2.45, 2.75) is 26.0 Å². The third kappa shape index (κ3) is 4.04. The summed E-state index contributed by atoms with van der Waals surface area (Å²) in [7, 11) is 1.83. The van der Waals surface area contributed by atoms with Crippen LogP contribution in [0.25, 0.3) is 0 Å². The van der Waals surface area contributed by atoms with Gasteiger partial charge in [-0.2, -0.15) is 0 Å². The first-order valence-corrected chi connectivity index (χ1v) is 5.10. The molecule has 1 aromatic heterocycles. The summed E-state index contributed by atoms with van der Waals surface area (Å²) < 4.78 is 5.15. The lowest BCUT2D eigenvalue weighted by molar-refractivity contribution is -0.139. The van der Waals surface area contributed by atoms with Crippen LogP contribution in [0.2, 0.25) is 0 Å². The average molecular weight is 227 g/mol. The number of aliphatic hydroxyl groups is 1. The Morgan fingerprint density at radius 1 is 1.62 bits per heavy atom. The Bertz CT molecular complexity index is 348. The third-order valence-electron chi connectivity index (χ3n) is 2.34. The second-order valence-electron chi connectivity index (χ2n) is 3.95. The molecule has 0 aliphatic rings. The minimum atomic E-state index is -0.986. The Balaban J connectivity index is 2.39. The molecule has 0 aliphatic heterocycles. The van der Waals surface area contributed by atoms with E-state index in [-0.39, 0.29) is 6.42 Å². The van der Waals surface area contributed by atoms with Gasteiger partial charge >= 0.3 is 5.97 Å².